The van der Waals surface area contributed by atoms with E-state index >= 15 is 0 Å². The first-order valence-corrected chi connectivity index (χ1v) is 7.52. The van der Waals surface area contributed by atoms with E-state index in [1.807, 2.05) is 7.05 Å². The second-order valence-electron chi connectivity index (χ2n) is 5.95. The molecule has 0 aromatic heterocycles. The highest BCUT2D eigenvalue weighted by molar-refractivity contribution is 5.80. The van der Waals surface area contributed by atoms with Crippen LogP contribution in [0.15, 0.2) is 29.3 Å². The number of hydrogen-bond acceptors (Lipinski definition) is 2. The van der Waals surface area contributed by atoms with E-state index in [4.69, 9.17) is 0 Å². The summed E-state index contributed by atoms with van der Waals surface area (Å²) >= 11 is 0. The highest BCUT2D eigenvalue weighted by Gasteiger charge is 2.24. The van der Waals surface area contributed by atoms with Crippen molar-refractivity contribution in [2.75, 3.05) is 32.1 Å². The Balaban J connectivity index is 1.56. The van der Waals surface area contributed by atoms with Crippen LogP contribution < -0.4 is 15.5 Å². The molecule has 1 unspecified atom stereocenters. The van der Waals surface area contributed by atoms with Gasteiger partial charge in [0.25, 0.3) is 0 Å². The Morgan fingerprint density at radius 2 is 2.15 bits per heavy atom. The normalized spacial score (nSPS) is 22.4. The summed E-state index contributed by atoms with van der Waals surface area (Å²) in [6.07, 6.45) is 3.70. The maximum absolute atomic E-state index is 4.30. The first kappa shape index (κ1) is 13.3. The maximum atomic E-state index is 4.30. The molecule has 1 aliphatic carbocycles. The molecule has 1 aromatic rings. The lowest BCUT2D eigenvalue weighted by atomic mass is 9.93. The van der Waals surface area contributed by atoms with Gasteiger partial charge in [-0.1, -0.05) is 18.2 Å². The topological polar surface area (TPSA) is 39.7 Å². The van der Waals surface area contributed by atoms with Crippen LogP contribution in [0.1, 0.15) is 18.4 Å². The first-order chi connectivity index (χ1) is 9.76. The Bertz CT molecular complexity index is 493. The van der Waals surface area contributed by atoms with E-state index in [9.17, 15) is 0 Å². The minimum absolute atomic E-state index is 0.632. The minimum Gasteiger partial charge on any atom is -0.374 e. The highest BCUT2D eigenvalue weighted by Crippen LogP contribution is 2.27. The molecule has 20 heavy (non-hydrogen) atoms. The van der Waals surface area contributed by atoms with Gasteiger partial charge in [0, 0.05) is 38.9 Å². The van der Waals surface area contributed by atoms with Crippen LogP contribution in [0.2, 0.25) is 0 Å². The van der Waals surface area contributed by atoms with Gasteiger partial charge in [0.2, 0.25) is 0 Å². The summed E-state index contributed by atoms with van der Waals surface area (Å²) in [6, 6.07) is 9.36. The third-order valence-electron chi connectivity index (χ3n) is 4.14. The second kappa shape index (κ2) is 5.73. The standard InChI is InChI=1S/C16H24N4/c1-17-16(19-14-7-8-14)18-10-12-9-13-5-3-4-6-15(13)20(2)11-12/h3-6,12,14H,7-11H2,1-2H3,(H2,17,18,19). The molecule has 1 saturated carbocycles. The lowest BCUT2D eigenvalue weighted by molar-refractivity contribution is 0.492. The molecular weight excluding hydrogens is 248 g/mol. The molecule has 1 fully saturated rings. The molecule has 2 aliphatic rings. The molecule has 2 N–H and O–H groups in total. The molecule has 1 aliphatic heterocycles. The quantitative estimate of drug-likeness (QED) is 0.649. The number of fused-ring (bicyclic) bond motifs is 1. The van der Waals surface area contributed by atoms with E-state index in [0.29, 0.717) is 12.0 Å². The number of nitrogens with zero attached hydrogens (tertiary/aromatic N) is 2. The summed E-state index contributed by atoms with van der Waals surface area (Å²) in [7, 11) is 4.03. The Hall–Kier alpha value is -1.71. The van der Waals surface area contributed by atoms with Crippen molar-refractivity contribution in [3.8, 4) is 0 Å². The molecule has 1 heterocycles. The molecule has 0 bridgehead atoms. The van der Waals surface area contributed by atoms with E-state index in [0.717, 1.165) is 25.5 Å². The zero-order valence-corrected chi connectivity index (χ0v) is 12.4. The third-order valence-corrected chi connectivity index (χ3v) is 4.14. The number of rotatable bonds is 3. The zero-order valence-electron chi connectivity index (χ0n) is 12.4. The lowest BCUT2D eigenvalue weighted by Gasteiger charge is -2.33. The van der Waals surface area contributed by atoms with Gasteiger partial charge in [-0.3, -0.25) is 4.99 Å². The summed E-state index contributed by atoms with van der Waals surface area (Å²) in [4.78, 5) is 6.66. The van der Waals surface area contributed by atoms with Crippen molar-refractivity contribution < 1.29 is 0 Å². The monoisotopic (exact) mass is 272 g/mol. The largest absolute Gasteiger partial charge is 0.374 e. The number of benzene rings is 1. The van der Waals surface area contributed by atoms with Crippen LogP contribution in [0.3, 0.4) is 0 Å². The van der Waals surface area contributed by atoms with E-state index in [-0.39, 0.29) is 0 Å². The SMILES string of the molecule is CN=C(NCC1Cc2ccccc2N(C)C1)NC1CC1. The van der Waals surface area contributed by atoms with Crippen molar-refractivity contribution in [1.82, 2.24) is 10.6 Å². The van der Waals surface area contributed by atoms with Crippen LogP contribution in [0.4, 0.5) is 5.69 Å². The Labute approximate surface area is 121 Å². The van der Waals surface area contributed by atoms with E-state index < -0.39 is 0 Å². The third kappa shape index (κ3) is 3.06. The minimum atomic E-state index is 0.632. The van der Waals surface area contributed by atoms with Gasteiger partial charge < -0.3 is 15.5 Å². The van der Waals surface area contributed by atoms with Crippen LogP contribution in [-0.4, -0.2) is 39.2 Å². The van der Waals surface area contributed by atoms with Gasteiger partial charge >= 0.3 is 0 Å². The average molecular weight is 272 g/mol. The molecular formula is C16H24N4. The van der Waals surface area contributed by atoms with Gasteiger partial charge in [0.15, 0.2) is 5.96 Å². The van der Waals surface area contributed by atoms with Crippen LogP contribution in [-0.2, 0) is 6.42 Å². The Kier molecular flexibility index (Phi) is 3.81. The summed E-state index contributed by atoms with van der Waals surface area (Å²) in [5.41, 5.74) is 2.84. The number of nitrogens with one attached hydrogen (secondary N) is 2. The van der Waals surface area contributed by atoms with Crippen LogP contribution in [0.25, 0.3) is 0 Å². The van der Waals surface area contributed by atoms with Gasteiger partial charge in [-0.25, -0.2) is 0 Å². The number of hydrogen-bond donors (Lipinski definition) is 2. The van der Waals surface area contributed by atoms with Crippen molar-refractivity contribution >= 4 is 11.6 Å². The Morgan fingerprint density at radius 1 is 1.35 bits per heavy atom. The fraction of sp³-hybridized carbons (Fsp3) is 0.562. The summed E-state index contributed by atoms with van der Waals surface area (Å²) in [6.45, 7) is 2.08. The average Bonchev–Trinajstić information content (AvgIpc) is 3.27. The fourth-order valence-electron chi connectivity index (χ4n) is 2.91. The van der Waals surface area contributed by atoms with Crippen LogP contribution in [0, 0.1) is 5.92 Å². The van der Waals surface area contributed by atoms with Crippen molar-refractivity contribution in [3.63, 3.8) is 0 Å². The van der Waals surface area contributed by atoms with Crippen molar-refractivity contribution in [1.29, 1.82) is 0 Å². The lowest BCUT2D eigenvalue weighted by Crippen LogP contribution is -2.44. The summed E-state index contributed by atoms with van der Waals surface area (Å²) in [5.74, 6) is 1.58. The summed E-state index contributed by atoms with van der Waals surface area (Å²) in [5, 5.41) is 6.91. The predicted molar refractivity (Wildman–Crippen MR) is 84.4 cm³/mol. The van der Waals surface area contributed by atoms with Gasteiger partial charge in [-0.15, -0.1) is 0 Å². The van der Waals surface area contributed by atoms with Crippen molar-refractivity contribution in [2.24, 2.45) is 10.9 Å². The predicted octanol–water partition coefficient (Wildman–Crippen LogP) is 1.62. The molecule has 4 heteroatoms. The molecule has 1 atom stereocenters. The second-order valence-corrected chi connectivity index (χ2v) is 5.95. The van der Waals surface area contributed by atoms with Gasteiger partial charge in [-0.05, 0) is 36.8 Å². The summed E-state index contributed by atoms with van der Waals surface area (Å²) < 4.78 is 0. The maximum Gasteiger partial charge on any atom is 0.191 e. The van der Waals surface area contributed by atoms with E-state index in [1.54, 1.807) is 0 Å². The molecule has 3 rings (SSSR count). The number of guanidine groups is 1. The smallest absolute Gasteiger partial charge is 0.191 e. The van der Waals surface area contributed by atoms with Crippen molar-refractivity contribution in [3.05, 3.63) is 29.8 Å². The van der Waals surface area contributed by atoms with Gasteiger partial charge in [0.1, 0.15) is 0 Å². The molecule has 4 nitrogen and oxygen atoms in total. The fourth-order valence-corrected chi connectivity index (χ4v) is 2.91. The van der Waals surface area contributed by atoms with E-state index in [1.165, 1.54) is 24.1 Å². The molecule has 0 radical (unpaired) electrons. The molecule has 0 saturated heterocycles. The molecule has 108 valence electrons. The first-order valence-electron chi connectivity index (χ1n) is 7.52. The van der Waals surface area contributed by atoms with Crippen LogP contribution in [0.5, 0.6) is 0 Å². The number of anilines is 1. The molecule has 0 spiro atoms. The van der Waals surface area contributed by atoms with Gasteiger partial charge in [-0.2, -0.15) is 0 Å². The van der Waals surface area contributed by atoms with Gasteiger partial charge in [0.05, 0.1) is 0 Å². The molecule has 0 amide bonds. The highest BCUT2D eigenvalue weighted by atomic mass is 15.2. The van der Waals surface area contributed by atoms with Crippen molar-refractivity contribution in [2.45, 2.75) is 25.3 Å². The zero-order chi connectivity index (χ0) is 13.9. The number of aliphatic imine (C=N–C) groups is 1. The van der Waals surface area contributed by atoms with E-state index in [2.05, 4.69) is 51.8 Å². The number of para-hydroxylation sites is 1. The molecule has 1 aromatic carbocycles. The Morgan fingerprint density at radius 3 is 2.90 bits per heavy atom. The van der Waals surface area contributed by atoms with Crippen LogP contribution >= 0.6 is 0 Å².